The zero-order chi connectivity index (χ0) is 15.3. The molecule has 5 nitrogen and oxygen atoms in total. The maximum atomic E-state index is 12.1. The van der Waals surface area contributed by atoms with Gasteiger partial charge in [0.25, 0.3) is 0 Å². The summed E-state index contributed by atoms with van der Waals surface area (Å²) in [6.07, 6.45) is 3.70. The molecule has 0 spiro atoms. The molecule has 20 heavy (non-hydrogen) atoms. The van der Waals surface area contributed by atoms with Gasteiger partial charge in [0.15, 0.2) is 0 Å². The fourth-order valence-corrected chi connectivity index (χ4v) is 2.16. The van der Waals surface area contributed by atoms with Crippen molar-refractivity contribution in [2.24, 2.45) is 5.92 Å². The molecule has 0 bridgehead atoms. The van der Waals surface area contributed by atoms with E-state index in [0.717, 1.165) is 6.42 Å². The molecule has 1 aliphatic rings. The molecule has 1 saturated heterocycles. The van der Waals surface area contributed by atoms with Gasteiger partial charge in [0.2, 0.25) is 0 Å². The molecule has 0 aromatic rings. The van der Waals surface area contributed by atoms with Crippen molar-refractivity contribution in [1.82, 2.24) is 4.90 Å². The second-order valence-corrected chi connectivity index (χ2v) is 6.04. The summed E-state index contributed by atoms with van der Waals surface area (Å²) in [7, 11) is 0. The molecule has 0 N–H and O–H groups in total. The van der Waals surface area contributed by atoms with Crippen LogP contribution in [0.4, 0.5) is 4.79 Å². The van der Waals surface area contributed by atoms with E-state index in [9.17, 15) is 9.59 Å². The highest BCUT2D eigenvalue weighted by Crippen LogP contribution is 2.26. The molecule has 5 heteroatoms. The van der Waals surface area contributed by atoms with Crippen LogP contribution in [0, 0.1) is 5.92 Å². The minimum absolute atomic E-state index is 0.116. The number of carbonyl (C=O) groups excluding carboxylic acids is 2. The second-order valence-electron chi connectivity index (χ2n) is 6.04. The molecule has 0 unspecified atom stereocenters. The van der Waals surface area contributed by atoms with Crippen molar-refractivity contribution in [1.29, 1.82) is 0 Å². The fraction of sp³-hybridized carbons (Fsp3) is 0.733. The zero-order valence-corrected chi connectivity index (χ0v) is 13.0. The topological polar surface area (TPSA) is 55.8 Å². The Morgan fingerprint density at radius 2 is 2.00 bits per heavy atom. The van der Waals surface area contributed by atoms with Crippen LogP contribution in [0.5, 0.6) is 0 Å². The largest absolute Gasteiger partial charge is 0.463 e. The molecule has 0 aromatic heterocycles. The summed E-state index contributed by atoms with van der Waals surface area (Å²) < 4.78 is 10.2. The molecule has 114 valence electrons. The Labute approximate surface area is 120 Å². The van der Waals surface area contributed by atoms with Crippen molar-refractivity contribution in [3.05, 3.63) is 12.2 Å². The number of esters is 1. The van der Waals surface area contributed by atoms with Crippen LogP contribution in [0.3, 0.4) is 0 Å². The van der Waals surface area contributed by atoms with Crippen LogP contribution in [0.25, 0.3) is 0 Å². The molecule has 0 aliphatic carbocycles. The lowest BCUT2D eigenvalue weighted by Gasteiger charge is -2.28. The Morgan fingerprint density at radius 1 is 1.35 bits per heavy atom. The summed E-state index contributed by atoms with van der Waals surface area (Å²) in [4.78, 5) is 25.2. The fourth-order valence-electron chi connectivity index (χ4n) is 2.16. The van der Waals surface area contributed by atoms with E-state index in [1.807, 2.05) is 20.8 Å². The lowest BCUT2D eigenvalue weighted by Crippen LogP contribution is -2.40. The highest BCUT2D eigenvalue weighted by molar-refractivity contribution is 5.82. The first-order valence-corrected chi connectivity index (χ1v) is 7.09. The van der Waals surface area contributed by atoms with Gasteiger partial charge in [0.1, 0.15) is 5.60 Å². The molecule has 1 amide bonds. The van der Waals surface area contributed by atoms with Crippen molar-refractivity contribution < 1.29 is 19.1 Å². The van der Waals surface area contributed by atoms with Gasteiger partial charge in [-0.1, -0.05) is 13.0 Å². The number of hydrogen-bond acceptors (Lipinski definition) is 4. The van der Waals surface area contributed by atoms with Gasteiger partial charge in [0, 0.05) is 12.6 Å². The van der Waals surface area contributed by atoms with Gasteiger partial charge < -0.3 is 14.4 Å². The standard InChI is InChI=1S/C15H25NO4/c1-6-19-13(17)8-7-12-11(2)9-10-16(12)14(18)20-15(3,4)5/h7-8,11-12H,6,9-10H2,1-5H3/t11-,12+/m0/s1. The third kappa shape index (κ3) is 4.87. The Balaban J connectivity index is 2.71. The summed E-state index contributed by atoms with van der Waals surface area (Å²) in [5.41, 5.74) is -0.516. The molecule has 0 saturated carbocycles. The van der Waals surface area contributed by atoms with E-state index in [0.29, 0.717) is 19.1 Å². The quantitative estimate of drug-likeness (QED) is 0.590. The SMILES string of the molecule is CCOC(=O)C=C[C@@H]1[C@@H](C)CCN1C(=O)OC(C)(C)C. The molecule has 0 radical (unpaired) electrons. The van der Waals surface area contributed by atoms with Crippen LogP contribution >= 0.6 is 0 Å². The summed E-state index contributed by atoms with van der Waals surface area (Å²) in [6.45, 7) is 10.3. The smallest absolute Gasteiger partial charge is 0.410 e. The molecule has 1 fully saturated rings. The van der Waals surface area contributed by atoms with Gasteiger partial charge in [-0.2, -0.15) is 0 Å². The van der Waals surface area contributed by atoms with E-state index in [2.05, 4.69) is 6.92 Å². The first kappa shape index (κ1) is 16.5. The number of amides is 1. The lowest BCUT2D eigenvalue weighted by atomic mass is 10.0. The maximum absolute atomic E-state index is 12.1. The third-order valence-electron chi connectivity index (χ3n) is 3.11. The average Bonchev–Trinajstić information content (AvgIpc) is 2.66. The number of rotatable bonds is 3. The monoisotopic (exact) mass is 283 g/mol. The molecule has 1 aliphatic heterocycles. The predicted molar refractivity (Wildman–Crippen MR) is 76.3 cm³/mol. The number of carbonyl (C=O) groups is 2. The first-order chi connectivity index (χ1) is 9.24. The normalized spacial score (nSPS) is 23.1. The van der Waals surface area contributed by atoms with Crippen LogP contribution in [0.15, 0.2) is 12.2 Å². The van der Waals surface area contributed by atoms with E-state index in [4.69, 9.17) is 9.47 Å². The van der Waals surface area contributed by atoms with Crippen LogP contribution < -0.4 is 0 Å². The lowest BCUT2D eigenvalue weighted by molar-refractivity contribution is -0.137. The summed E-state index contributed by atoms with van der Waals surface area (Å²) >= 11 is 0. The van der Waals surface area contributed by atoms with Gasteiger partial charge in [-0.3, -0.25) is 0 Å². The maximum Gasteiger partial charge on any atom is 0.410 e. The number of hydrogen-bond donors (Lipinski definition) is 0. The third-order valence-corrected chi connectivity index (χ3v) is 3.11. The van der Waals surface area contributed by atoms with Crippen molar-refractivity contribution in [2.45, 2.75) is 52.7 Å². The summed E-state index contributed by atoms with van der Waals surface area (Å²) in [5.74, 6) is -0.0797. The van der Waals surface area contributed by atoms with E-state index >= 15 is 0 Å². The van der Waals surface area contributed by atoms with Gasteiger partial charge in [-0.25, -0.2) is 9.59 Å². The Hall–Kier alpha value is -1.52. The van der Waals surface area contributed by atoms with E-state index in [1.54, 1.807) is 17.9 Å². The molecule has 0 aromatic carbocycles. The number of ether oxygens (including phenoxy) is 2. The Kier molecular flexibility index (Phi) is 5.60. The van der Waals surface area contributed by atoms with Crippen molar-refractivity contribution in [2.75, 3.05) is 13.2 Å². The van der Waals surface area contributed by atoms with Gasteiger partial charge >= 0.3 is 12.1 Å². The van der Waals surface area contributed by atoms with Crippen molar-refractivity contribution in [3.8, 4) is 0 Å². The zero-order valence-electron chi connectivity index (χ0n) is 13.0. The summed E-state index contributed by atoms with van der Waals surface area (Å²) in [6, 6.07) is -0.116. The minimum Gasteiger partial charge on any atom is -0.463 e. The molecule has 1 heterocycles. The van der Waals surface area contributed by atoms with E-state index < -0.39 is 5.60 Å². The Morgan fingerprint density at radius 3 is 2.55 bits per heavy atom. The number of likely N-dealkylation sites (tertiary alicyclic amines) is 1. The van der Waals surface area contributed by atoms with Gasteiger partial charge in [0.05, 0.1) is 12.6 Å². The van der Waals surface area contributed by atoms with Gasteiger partial charge in [-0.15, -0.1) is 0 Å². The highest BCUT2D eigenvalue weighted by Gasteiger charge is 2.35. The van der Waals surface area contributed by atoms with Crippen LogP contribution in [0.2, 0.25) is 0 Å². The highest BCUT2D eigenvalue weighted by atomic mass is 16.6. The second kappa shape index (κ2) is 6.77. The molecular formula is C15H25NO4. The first-order valence-electron chi connectivity index (χ1n) is 7.09. The molecule has 2 atom stereocenters. The summed E-state index contributed by atoms with van der Waals surface area (Å²) in [5, 5.41) is 0. The predicted octanol–water partition coefficient (Wildman–Crippen LogP) is 2.75. The molecular weight excluding hydrogens is 258 g/mol. The average molecular weight is 283 g/mol. The van der Waals surface area contributed by atoms with Crippen LogP contribution in [-0.2, 0) is 14.3 Å². The number of nitrogens with zero attached hydrogens (tertiary/aromatic N) is 1. The van der Waals surface area contributed by atoms with Crippen molar-refractivity contribution >= 4 is 12.1 Å². The molecule has 1 rings (SSSR count). The minimum atomic E-state index is -0.516. The van der Waals surface area contributed by atoms with Crippen LogP contribution in [0.1, 0.15) is 41.0 Å². The van der Waals surface area contributed by atoms with E-state index in [-0.39, 0.29) is 18.1 Å². The van der Waals surface area contributed by atoms with Gasteiger partial charge in [-0.05, 0) is 40.0 Å². The van der Waals surface area contributed by atoms with Crippen LogP contribution in [-0.4, -0.2) is 41.8 Å². The Bertz CT molecular complexity index is 384. The van der Waals surface area contributed by atoms with E-state index in [1.165, 1.54) is 6.08 Å². The van der Waals surface area contributed by atoms with Crippen molar-refractivity contribution in [3.63, 3.8) is 0 Å².